The molecule has 0 bridgehead atoms. The highest BCUT2D eigenvalue weighted by atomic mass is 16.2. The summed E-state index contributed by atoms with van der Waals surface area (Å²) in [6.45, 7) is 6.21. The number of nitrogens with zero attached hydrogens (tertiary/aromatic N) is 1. The summed E-state index contributed by atoms with van der Waals surface area (Å²) in [5, 5.41) is 3.34. The van der Waals surface area contributed by atoms with Crippen LogP contribution in [0.3, 0.4) is 0 Å². The molecule has 1 rings (SSSR count). The van der Waals surface area contributed by atoms with Crippen molar-refractivity contribution in [3.8, 4) is 0 Å². The summed E-state index contributed by atoms with van der Waals surface area (Å²) in [6, 6.07) is 0.592. The van der Waals surface area contributed by atoms with Crippen LogP contribution in [0.5, 0.6) is 0 Å². The van der Waals surface area contributed by atoms with Crippen LogP contribution in [-0.2, 0) is 4.79 Å². The Balaban J connectivity index is 2.18. The summed E-state index contributed by atoms with van der Waals surface area (Å²) in [7, 11) is 0. The first-order chi connectivity index (χ1) is 6.77. The molecule has 0 aliphatic heterocycles. The van der Waals surface area contributed by atoms with E-state index in [1.165, 1.54) is 25.7 Å². The van der Waals surface area contributed by atoms with E-state index in [1.807, 2.05) is 18.7 Å². The van der Waals surface area contributed by atoms with E-state index in [9.17, 15) is 4.79 Å². The molecule has 1 N–H and O–H groups in total. The molecule has 0 aromatic rings. The lowest BCUT2D eigenvalue weighted by Crippen LogP contribution is -2.40. The summed E-state index contributed by atoms with van der Waals surface area (Å²) >= 11 is 0. The van der Waals surface area contributed by atoms with E-state index in [1.54, 1.807) is 0 Å². The molecule has 82 valence electrons. The number of carbonyl (C=O) groups is 1. The first-order valence-corrected chi connectivity index (χ1v) is 5.79. The van der Waals surface area contributed by atoms with Crippen LogP contribution in [0.1, 0.15) is 39.5 Å². The van der Waals surface area contributed by atoms with E-state index in [2.05, 4.69) is 5.32 Å². The van der Waals surface area contributed by atoms with Crippen molar-refractivity contribution in [1.29, 1.82) is 0 Å². The van der Waals surface area contributed by atoms with Crippen molar-refractivity contribution in [3.05, 3.63) is 0 Å². The lowest BCUT2D eigenvalue weighted by atomic mass is 10.2. The first kappa shape index (κ1) is 11.5. The summed E-state index contributed by atoms with van der Waals surface area (Å²) in [5.74, 6) is 0.238. The SMILES string of the molecule is CCN(CC)C(=O)CNC1CCCC1. The van der Waals surface area contributed by atoms with E-state index < -0.39 is 0 Å². The fourth-order valence-electron chi connectivity index (χ4n) is 2.05. The van der Waals surface area contributed by atoms with Crippen molar-refractivity contribution in [1.82, 2.24) is 10.2 Å². The van der Waals surface area contributed by atoms with Crippen LogP contribution in [0.25, 0.3) is 0 Å². The molecule has 1 fully saturated rings. The Kier molecular flexibility index (Phi) is 4.94. The van der Waals surface area contributed by atoms with Gasteiger partial charge in [-0.25, -0.2) is 0 Å². The minimum atomic E-state index is 0.238. The second-order valence-electron chi connectivity index (χ2n) is 3.93. The molecule has 0 heterocycles. The van der Waals surface area contributed by atoms with Gasteiger partial charge in [-0.15, -0.1) is 0 Å². The highest BCUT2D eigenvalue weighted by Crippen LogP contribution is 2.17. The van der Waals surface area contributed by atoms with Gasteiger partial charge in [-0.2, -0.15) is 0 Å². The third-order valence-electron chi connectivity index (χ3n) is 3.01. The molecule has 0 saturated heterocycles. The monoisotopic (exact) mass is 198 g/mol. The number of hydrogen-bond donors (Lipinski definition) is 1. The summed E-state index contributed by atoms with van der Waals surface area (Å²) in [4.78, 5) is 13.5. The minimum absolute atomic E-state index is 0.238. The Morgan fingerprint density at radius 3 is 2.36 bits per heavy atom. The Bertz CT molecular complexity index is 172. The quantitative estimate of drug-likeness (QED) is 0.724. The molecule has 14 heavy (non-hydrogen) atoms. The number of carbonyl (C=O) groups excluding carboxylic acids is 1. The van der Waals surface area contributed by atoms with Gasteiger partial charge in [0.15, 0.2) is 0 Å². The molecule has 0 spiro atoms. The summed E-state index contributed by atoms with van der Waals surface area (Å²) < 4.78 is 0. The molecule has 1 amide bonds. The number of nitrogens with one attached hydrogen (secondary N) is 1. The van der Waals surface area contributed by atoms with Crippen LogP contribution in [0.4, 0.5) is 0 Å². The molecule has 1 aliphatic carbocycles. The molecular weight excluding hydrogens is 176 g/mol. The molecule has 3 nitrogen and oxygen atoms in total. The van der Waals surface area contributed by atoms with Crippen LogP contribution in [-0.4, -0.2) is 36.5 Å². The van der Waals surface area contributed by atoms with Crippen LogP contribution in [0.2, 0.25) is 0 Å². The average molecular weight is 198 g/mol. The topological polar surface area (TPSA) is 32.3 Å². The largest absolute Gasteiger partial charge is 0.342 e. The number of hydrogen-bond acceptors (Lipinski definition) is 2. The number of amides is 1. The zero-order valence-electron chi connectivity index (χ0n) is 9.38. The van der Waals surface area contributed by atoms with Gasteiger partial charge in [0, 0.05) is 19.1 Å². The van der Waals surface area contributed by atoms with E-state index in [-0.39, 0.29) is 5.91 Å². The third-order valence-corrected chi connectivity index (χ3v) is 3.01. The van der Waals surface area contributed by atoms with Gasteiger partial charge in [-0.05, 0) is 26.7 Å². The maximum absolute atomic E-state index is 11.6. The van der Waals surface area contributed by atoms with Crippen LogP contribution < -0.4 is 5.32 Å². The standard InChI is InChI=1S/C11H22N2O/c1-3-13(4-2)11(14)9-12-10-7-5-6-8-10/h10,12H,3-9H2,1-2H3. The predicted octanol–water partition coefficient (Wildman–Crippen LogP) is 1.39. The third kappa shape index (κ3) is 3.29. The highest BCUT2D eigenvalue weighted by molar-refractivity contribution is 5.78. The normalized spacial score (nSPS) is 17.3. The Hall–Kier alpha value is -0.570. The lowest BCUT2D eigenvalue weighted by molar-refractivity contribution is -0.129. The second-order valence-corrected chi connectivity index (χ2v) is 3.93. The van der Waals surface area contributed by atoms with Crippen LogP contribution >= 0.6 is 0 Å². The fraction of sp³-hybridized carbons (Fsp3) is 0.909. The van der Waals surface area contributed by atoms with E-state index in [4.69, 9.17) is 0 Å². The summed E-state index contributed by atoms with van der Waals surface area (Å²) in [5.41, 5.74) is 0. The molecule has 0 aromatic carbocycles. The Morgan fingerprint density at radius 2 is 1.86 bits per heavy atom. The molecule has 0 atom stereocenters. The molecule has 3 heteroatoms. The molecule has 0 unspecified atom stereocenters. The Labute approximate surface area is 86.9 Å². The van der Waals surface area contributed by atoms with Crippen LogP contribution in [0.15, 0.2) is 0 Å². The van der Waals surface area contributed by atoms with E-state index in [0.29, 0.717) is 12.6 Å². The van der Waals surface area contributed by atoms with E-state index >= 15 is 0 Å². The summed E-state index contributed by atoms with van der Waals surface area (Å²) in [6.07, 6.45) is 5.12. The molecular formula is C11H22N2O. The smallest absolute Gasteiger partial charge is 0.236 e. The zero-order chi connectivity index (χ0) is 10.4. The number of rotatable bonds is 5. The van der Waals surface area contributed by atoms with Gasteiger partial charge >= 0.3 is 0 Å². The maximum Gasteiger partial charge on any atom is 0.236 e. The van der Waals surface area contributed by atoms with Crippen molar-refractivity contribution in [2.45, 2.75) is 45.6 Å². The molecule has 0 aromatic heterocycles. The maximum atomic E-state index is 11.6. The second kappa shape index (κ2) is 6.02. The lowest BCUT2D eigenvalue weighted by Gasteiger charge is -2.20. The van der Waals surface area contributed by atoms with Gasteiger partial charge in [0.2, 0.25) is 5.91 Å². The van der Waals surface area contributed by atoms with Gasteiger partial charge in [-0.1, -0.05) is 12.8 Å². The van der Waals surface area contributed by atoms with Gasteiger partial charge in [0.05, 0.1) is 6.54 Å². The molecule has 1 aliphatic rings. The van der Waals surface area contributed by atoms with Crippen molar-refractivity contribution in [2.24, 2.45) is 0 Å². The molecule has 1 saturated carbocycles. The predicted molar refractivity (Wildman–Crippen MR) is 58.2 cm³/mol. The van der Waals surface area contributed by atoms with Gasteiger partial charge in [-0.3, -0.25) is 4.79 Å². The van der Waals surface area contributed by atoms with E-state index in [0.717, 1.165) is 13.1 Å². The highest BCUT2D eigenvalue weighted by Gasteiger charge is 2.16. The van der Waals surface area contributed by atoms with Crippen molar-refractivity contribution >= 4 is 5.91 Å². The molecule has 0 radical (unpaired) electrons. The Morgan fingerprint density at radius 1 is 1.29 bits per heavy atom. The first-order valence-electron chi connectivity index (χ1n) is 5.79. The van der Waals surface area contributed by atoms with Gasteiger partial charge in [0.25, 0.3) is 0 Å². The fourth-order valence-corrected chi connectivity index (χ4v) is 2.05. The van der Waals surface area contributed by atoms with Crippen LogP contribution in [0, 0.1) is 0 Å². The van der Waals surface area contributed by atoms with Crippen molar-refractivity contribution in [3.63, 3.8) is 0 Å². The average Bonchev–Trinajstić information content (AvgIpc) is 2.69. The van der Waals surface area contributed by atoms with Crippen molar-refractivity contribution < 1.29 is 4.79 Å². The zero-order valence-corrected chi connectivity index (χ0v) is 9.38. The van der Waals surface area contributed by atoms with Gasteiger partial charge in [0.1, 0.15) is 0 Å². The van der Waals surface area contributed by atoms with Gasteiger partial charge < -0.3 is 10.2 Å². The number of likely N-dealkylation sites (N-methyl/N-ethyl adjacent to an activating group) is 1. The minimum Gasteiger partial charge on any atom is -0.342 e. The van der Waals surface area contributed by atoms with Crippen molar-refractivity contribution in [2.75, 3.05) is 19.6 Å².